The number of rotatable bonds is 4. The number of benzene rings is 2. The van der Waals surface area contributed by atoms with E-state index in [1.165, 1.54) is 11.8 Å². The maximum Gasteiger partial charge on any atom is 0.237 e. The lowest BCUT2D eigenvalue weighted by atomic mass is 10.1. The molecule has 0 saturated carbocycles. The van der Waals surface area contributed by atoms with E-state index in [2.05, 4.69) is 5.32 Å². The zero-order chi connectivity index (χ0) is 17.9. The first-order valence-corrected chi connectivity index (χ1v) is 10.6. The Kier molecular flexibility index (Phi) is 5.46. The molecule has 1 aliphatic rings. The highest BCUT2D eigenvalue weighted by Crippen LogP contribution is 2.34. The van der Waals surface area contributed by atoms with E-state index in [4.69, 9.17) is 5.73 Å². The average Bonchev–Trinajstić information content (AvgIpc) is 2.83. The van der Waals surface area contributed by atoms with Crippen LogP contribution in [0.5, 0.6) is 0 Å². The molecule has 1 saturated heterocycles. The summed E-state index contributed by atoms with van der Waals surface area (Å²) < 4.78 is 25.6. The van der Waals surface area contributed by atoms with Crippen molar-refractivity contribution in [3.05, 3.63) is 60.2 Å². The monoisotopic (exact) mass is 376 g/mol. The van der Waals surface area contributed by atoms with Crippen LogP contribution in [0.3, 0.4) is 0 Å². The number of carbonyl (C=O) groups is 1. The minimum Gasteiger partial charge on any atom is -0.351 e. The third kappa shape index (κ3) is 3.89. The molecule has 0 aliphatic carbocycles. The first-order chi connectivity index (χ1) is 12.0. The van der Waals surface area contributed by atoms with E-state index < -0.39 is 15.1 Å². The highest BCUT2D eigenvalue weighted by molar-refractivity contribution is 8.00. The normalized spacial score (nSPS) is 21.4. The number of nitrogens with one attached hydrogen (secondary N) is 1. The minimum atomic E-state index is -3.60. The number of thioether (sulfide) groups is 1. The fourth-order valence-corrected chi connectivity index (χ4v) is 5.31. The number of amides is 1. The minimum absolute atomic E-state index is 0.0266. The first kappa shape index (κ1) is 18.0. The van der Waals surface area contributed by atoms with Crippen LogP contribution in [0.15, 0.2) is 64.4 Å². The van der Waals surface area contributed by atoms with Gasteiger partial charge in [-0.1, -0.05) is 30.3 Å². The Hall–Kier alpha value is -1.83. The van der Waals surface area contributed by atoms with Gasteiger partial charge in [-0.15, -0.1) is 11.8 Å². The Balaban J connectivity index is 1.93. The van der Waals surface area contributed by atoms with E-state index in [1.807, 2.05) is 0 Å². The Morgan fingerprint density at radius 3 is 2.52 bits per heavy atom. The van der Waals surface area contributed by atoms with E-state index in [0.717, 1.165) is 12.2 Å². The second kappa shape index (κ2) is 7.59. The molecular formula is C18H20N2O3S2. The third-order valence-electron chi connectivity index (χ3n) is 4.14. The Labute approximate surface area is 151 Å². The fourth-order valence-electron chi connectivity index (χ4n) is 2.76. The van der Waals surface area contributed by atoms with E-state index >= 15 is 0 Å². The molecule has 1 amide bonds. The zero-order valence-corrected chi connectivity index (χ0v) is 15.2. The Morgan fingerprint density at radius 1 is 1.08 bits per heavy atom. The van der Waals surface area contributed by atoms with Gasteiger partial charge in [0.2, 0.25) is 15.7 Å². The lowest BCUT2D eigenvalue weighted by Crippen LogP contribution is -2.40. The average molecular weight is 377 g/mol. The zero-order valence-electron chi connectivity index (χ0n) is 13.6. The van der Waals surface area contributed by atoms with Gasteiger partial charge in [0.1, 0.15) is 5.25 Å². The highest BCUT2D eigenvalue weighted by atomic mass is 32.2. The predicted molar refractivity (Wildman–Crippen MR) is 99.1 cm³/mol. The predicted octanol–water partition coefficient (Wildman–Crippen LogP) is 2.14. The van der Waals surface area contributed by atoms with Gasteiger partial charge in [0.15, 0.2) is 0 Å². The van der Waals surface area contributed by atoms with Crippen molar-refractivity contribution in [1.82, 2.24) is 5.32 Å². The van der Waals surface area contributed by atoms with Gasteiger partial charge in [-0.3, -0.25) is 4.79 Å². The quantitative estimate of drug-likeness (QED) is 0.853. The van der Waals surface area contributed by atoms with Crippen LogP contribution in [-0.2, 0) is 14.6 Å². The third-order valence-corrected chi connectivity index (χ3v) is 7.20. The van der Waals surface area contributed by atoms with Crippen molar-refractivity contribution < 1.29 is 13.2 Å². The summed E-state index contributed by atoms with van der Waals surface area (Å²) in [6.45, 7) is 0.404. The van der Waals surface area contributed by atoms with Crippen LogP contribution in [0.25, 0.3) is 0 Å². The maximum absolute atomic E-state index is 12.8. The van der Waals surface area contributed by atoms with Crippen molar-refractivity contribution in [2.24, 2.45) is 5.73 Å². The molecule has 25 heavy (non-hydrogen) atoms. The molecule has 0 unspecified atom stereocenters. The molecule has 2 atom stereocenters. The van der Waals surface area contributed by atoms with Crippen molar-refractivity contribution >= 4 is 27.5 Å². The summed E-state index contributed by atoms with van der Waals surface area (Å²) >= 11 is 1.52. The van der Waals surface area contributed by atoms with Gasteiger partial charge in [-0.25, -0.2) is 8.42 Å². The number of carbonyl (C=O) groups excluding carboxylic acids is 1. The number of sulfone groups is 1. The van der Waals surface area contributed by atoms with Gasteiger partial charge in [-0.2, -0.15) is 0 Å². The molecule has 1 aliphatic heterocycles. The van der Waals surface area contributed by atoms with Gasteiger partial charge in [-0.05, 0) is 42.0 Å². The van der Waals surface area contributed by atoms with Gasteiger partial charge in [0.05, 0.1) is 9.79 Å². The van der Waals surface area contributed by atoms with Gasteiger partial charge in [0, 0.05) is 12.6 Å². The highest BCUT2D eigenvalue weighted by Gasteiger charge is 2.28. The molecule has 5 nitrogen and oxygen atoms in total. The molecule has 0 bridgehead atoms. The molecule has 1 heterocycles. The fraction of sp³-hybridized carbons (Fsp3) is 0.278. The molecule has 2 aromatic carbocycles. The summed E-state index contributed by atoms with van der Waals surface area (Å²) in [6.07, 6.45) is 0.811. The number of hydrogen-bond donors (Lipinski definition) is 2. The largest absolute Gasteiger partial charge is 0.351 e. The summed E-state index contributed by atoms with van der Waals surface area (Å²) in [5, 5.41) is 2.50. The van der Waals surface area contributed by atoms with Gasteiger partial charge >= 0.3 is 0 Å². The topological polar surface area (TPSA) is 89.3 Å². The molecule has 7 heteroatoms. The number of nitrogens with two attached hydrogens (primary N) is 1. The number of hydrogen-bond acceptors (Lipinski definition) is 5. The van der Waals surface area contributed by atoms with Gasteiger partial charge < -0.3 is 11.1 Å². The van der Waals surface area contributed by atoms with Crippen molar-refractivity contribution in [2.75, 3.05) is 12.3 Å². The summed E-state index contributed by atoms with van der Waals surface area (Å²) in [7, 11) is -3.60. The lowest BCUT2D eigenvalue weighted by Gasteiger charge is -2.16. The van der Waals surface area contributed by atoms with E-state index in [0.29, 0.717) is 12.1 Å². The summed E-state index contributed by atoms with van der Waals surface area (Å²) in [5.41, 5.74) is 6.35. The molecule has 3 rings (SSSR count). The molecule has 3 N–H and O–H groups in total. The van der Waals surface area contributed by atoms with Crippen LogP contribution in [0, 0.1) is 0 Å². The maximum atomic E-state index is 12.8. The molecular weight excluding hydrogens is 356 g/mol. The van der Waals surface area contributed by atoms with Crippen LogP contribution in [0.1, 0.15) is 17.2 Å². The van der Waals surface area contributed by atoms with Crippen molar-refractivity contribution in [3.8, 4) is 0 Å². The van der Waals surface area contributed by atoms with Crippen LogP contribution in [0.2, 0.25) is 0 Å². The molecule has 0 radical (unpaired) electrons. The molecule has 132 valence electrons. The Bertz CT molecular complexity index is 854. The smallest absolute Gasteiger partial charge is 0.237 e. The lowest BCUT2D eigenvalue weighted by molar-refractivity contribution is -0.121. The summed E-state index contributed by atoms with van der Waals surface area (Å²) in [4.78, 5) is 12.9. The van der Waals surface area contributed by atoms with Crippen molar-refractivity contribution in [1.29, 1.82) is 0 Å². The molecule has 1 fully saturated rings. The van der Waals surface area contributed by atoms with Crippen LogP contribution in [0.4, 0.5) is 0 Å². The van der Waals surface area contributed by atoms with Crippen molar-refractivity contribution in [3.63, 3.8) is 0 Å². The summed E-state index contributed by atoms with van der Waals surface area (Å²) in [6, 6.07) is 14.9. The van der Waals surface area contributed by atoms with Crippen molar-refractivity contribution in [2.45, 2.75) is 27.5 Å². The Morgan fingerprint density at radius 2 is 1.80 bits per heavy atom. The SMILES string of the molecule is NC[C@@H]1CCS[C@H](c2cccc(S(=O)(=O)c3ccccc3)c2)C(=O)N1. The van der Waals surface area contributed by atoms with E-state index in [1.54, 1.807) is 54.6 Å². The molecule has 0 spiro atoms. The second-order valence-corrected chi connectivity index (χ2v) is 9.03. The summed E-state index contributed by atoms with van der Waals surface area (Å²) in [5.74, 6) is 0.674. The second-order valence-electron chi connectivity index (χ2n) is 5.87. The van der Waals surface area contributed by atoms with E-state index in [-0.39, 0.29) is 21.7 Å². The standard InChI is InChI=1S/C18H20N2O3S2/c19-12-14-9-10-24-17(18(21)20-14)13-5-4-8-16(11-13)25(22,23)15-6-2-1-3-7-15/h1-8,11,14,17H,9-10,12,19H2,(H,20,21)/t14-,17+/m0/s1. The molecule has 2 aromatic rings. The molecule has 0 aromatic heterocycles. The van der Waals surface area contributed by atoms with Crippen LogP contribution < -0.4 is 11.1 Å². The van der Waals surface area contributed by atoms with Crippen LogP contribution in [-0.4, -0.2) is 32.7 Å². The van der Waals surface area contributed by atoms with E-state index in [9.17, 15) is 13.2 Å². The van der Waals surface area contributed by atoms with Crippen LogP contribution >= 0.6 is 11.8 Å². The van der Waals surface area contributed by atoms with Gasteiger partial charge in [0.25, 0.3) is 0 Å². The first-order valence-electron chi connectivity index (χ1n) is 8.04.